The lowest BCUT2D eigenvalue weighted by atomic mass is 10.1. The third-order valence-electron chi connectivity index (χ3n) is 3.91. The average molecular weight is 457 g/mol. The smallest absolute Gasteiger partial charge is 0.338 e. The number of nitrogens with zero attached hydrogens (tertiary/aromatic N) is 1. The van der Waals surface area contributed by atoms with Gasteiger partial charge < -0.3 is 15.2 Å². The number of carbonyl (C=O) groups excluding carboxylic acids is 1. The van der Waals surface area contributed by atoms with Gasteiger partial charge in [-0.25, -0.2) is 9.59 Å². The van der Waals surface area contributed by atoms with E-state index >= 15 is 0 Å². The third-order valence-corrected chi connectivity index (χ3v) is 4.67. The van der Waals surface area contributed by atoms with Crippen molar-refractivity contribution < 1.29 is 14.3 Å². The summed E-state index contributed by atoms with van der Waals surface area (Å²) in [6.07, 6.45) is 0.648. The number of rotatable bonds is 4. The maximum Gasteiger partial charge on any atom is 0.338 e. The second-order valence-electron chi connectivity index (χ2n) is 5.64. The number of esters is 1. The Morgan fingerprint density at radius 1 is 1.36 bits per heavy atom. The lowest BCUT2D eigenvalue weighted by molar-refractivity contribution is -0.0363. The highest BCUT2D eigenvalue weighted by Gasteiger charge is 2.35. The van der Waals surface area contributed by atoms with Crippen molar-refractivity contribution in [2.75, 3.05) is 6.61 Å². The van der Waals surface area contributed by atoms with Crippen molar-refractivity contribution in [3.63, 3.8) is 0 Å². The molecule has 0 aliphatic carbocycles. The first kappa shape index (κ1) is 17.8. The van der Waals surface area contributed by atoms with Gasteiger partial charge in [0.2, 0.25) is 0 Å². The van der Waals surface area contributed by atoms with Crippen LogP contribution in [0, 0.1) is 3.57 Å². The van der Waals surface area contributed by atoms with E-state index in [1.165, 1.54) is 10.8 Å². The molecule has 3 N–H and O–H groups in total. The Balaban J connectivity index is 1.66. The minimum atomic E-state index is -0.617. The molecule has 3 atom stereocenters. The number of aromatic nitrogens is 2. The van der Waals surface area contributed by atoms with Crippen LogP contribution in [0.5, 0.6) is 0 Å². The van der Waals surface area contributed by atoms with Gasteiger partial charge in [0.15, 0.2) is 0 Å². The largest absolute Gasteiger partial charge is 0.459 e. The number of aromatic amines is 1. The van der Waals surface area contributed by atoms with Crippen LogP contribution in [0.25, 0.3) is 0 Å². The number of nitrogens with two attached hydrogens (primary N) is 1. The number of nitrogens with one attached hydrogen (secondary N) is 1. The van der Waals surface area contributed by atoms with Crippen molar-refractivity contribution in [2.24, 2.45) is 5.73 Å². The van der Waals surface area contributed by atoms with E-state index < -0.39 is 35.6 Å². The first-order valence-electron chi connectivity index (χ1n) is 7.60. The molecule has 2 aromatic rings. The maximum atomic E-state index is 12.0. The Bertz CT molecular complexity index is 879. The molecule has 1 aromatic heterocycles. The first-order valence-corrected chi connectivity index (χ1v) is 8.68. The van der Waals surface area contributed by atoms with Gasteiger partial charge in [-0.15, -0.1) is 0 Å². The van der Waals surface area contributed by atoms with Crippen molar-refractivity contribution in [3.05, 3.63) is 66.5 Å². The van der Waals surface area contributed by atoms with Gasteiger partial charge in [0.1, 0.15) is 18.9 Å². The topological polar surface area (TPSA) is 116 Å². The molecule has 0 radical (unpaired) electrons. The molecule has 1 aliphatic rings. The van der Waals surface area contributed by atoms with Gasteiger partial charge in [0.05, 0.1) is 9.13 Å². The summed E-state index contributed by atoms with van der Waals surface area (Å²) in [6, 6.07) is 8.21. The lowest BCUT2D eigenvalue weighted by Gasteiger charge is -2.16. The van der Waals surface area contributed by atoms with Crippen molar-refractivity contribution in [3.8, 4) is 0 Å². The molecule has 9 heteroatoms. The van der Waals surface area contributed by atoms with Gasteiger partial charge in [-0.2, -0.15) is 0 Å². The SMILES string of the molecule is N[C@H]1C[C@H](n2cc(I)c(=O)[nH]c2=O)O[C@@H]1COC(=O)c1ccccc1. The number of halogens is 1. The molecule has 132 valence electrons. The van der Waals surface area contributed by atoms with E-state index in [1.54, 1.807) is 30.3 Å². The fraction of sp³-hybridized carbons (Fsp3) is 0.312. The average Bonchev–Trinajstić information content (AvgIpc) is 2.97. The molecule has 0 saturated carbocycles. The summed E-state index contributed by atoms with van der Waals surface area (Å²) in [5.74, 6) is -0.462. The fourth-order valence-electron chi connectivity index (χ4n) is 2.57. The molecule has 1 aromatic carbocycles. The lowest BCUT2D eigenvalue weighted by Crippen LogP contribution is -2.34. The molecule has 0 spiro atoms. The van der Waals surface area contributed by atoms with Crippen LogP contribution in [0.4, 0.5) is 0 Å². The molecule has 0 amide bonds. The van der Waals surface area contributed by atoms with E-state index in [0.717, 1.165) is 0 Å². The summed E-state index contributed by atoms with van der Waals surface area (Å²) < 4.78 is 12.7. The molecular weight excluding hydrogens is 441 g/mol. The van der Waals surface area contributed by atoms with Gasteiger partial charge in [0, 0.05) is 18.7 Å². The highest BCUT2D eigenvalue weighted by atomic mass is 127. The van der Waals surface area contributed by atoms with Crippen molar-refractivity contribution in [1.82, 2.24) is 9.55 Å². The predicted molar refractivity (Wildman–Crippen MR) is 97.3 cm³/mol. The maximum absolute atomic E-state index is 12.0. The summed E-state index contributed by atoms with van der Waals surface area (Å²) in [4.78, 5) is 37.6. The Hall–Kier alpha value is -1.98. The van der Waals surface area contributed by atoms with Crippen LogP contribution in [0.3, 0.4) is 0 Å². The van der Waals surface area contributed by atoms with E-state index in [0.29, 0.717) is 15.6 Å². The number of benzene rings is 1. The monoisotopic (exact) mass is 457 g/mol. The molecule has 25 heavy (non-hydrogen) atoms. The third kappa shape index (κ3) is 3.99. The van der Waals surface area contributed by atoms with Crippen LogP contribution >= 0.6 is 22.6 Å². The van der Waals surface area contributed by atoms with Gasteiger partial charge in [-0.3, -0.25) is 14.3 Å². The normalized spacial score (nSPS) is 22.7. The van der Waals surface area contributed by atoms with Crippen LogP contribution in [-0.4, -0.2) is 34.3 Å². The summed E-state index contributed by atoms with van der Waals surface area (Å²) in [5.41, 5.74) is 5.47. The summed E-state index contributed by atoms with van der Waals surface area (Å²) in [6.45, 7) is -0.0133. The molecule has 3 rings (SSSR count). The Labute approximate surface area is 156 Å². The first-order chi connectivity index (χ1) is 12.0. The van der Waals surface area contributed by atoms with Crippen LogP contribution in [0.2, 0.25) is 0 Å². The highest BCUT2D eigenvalue weighted by molar-refractivity contribution is 14.1. The van der Waals surface area contributed by atoms with Gasteiger partial charge in [-0.05, 0) is 34.7 Å². The molecular formula is C16H16IN3O5. The molecule has 0 unspecified atom stereocenters. The molecule has 1 saturated heterocycles. The van der Waals surface area contributed by atoms with Crippen LogP contribution < -0.4 is 17.0 Å². The van der Waals surface area contributed by atoms with E-state index in [-0.39, 0.29) is 6.61 Å². The van der Waals surface area contributed by atoms with Crippen molar-refractivity contribution in [2.45, 2.75) is 24.8 Å². The van der Waals surface area contributed by atoms with Crippen LogP contribution in [0.15, 0.2) is 46.1 Å². The zero-order valence-electron chi connectivity index (χ0n) is 13.1. The minimum Gasteiger partial charge on any atom is -0.459 e. The Kier molecular flexibility index (Phi) is 5.35. The standard InChI is InChI=1S/C16H16IN3O5/c17-10-7-20(16(23)19-14(10)21)13-6-11(18)12(25-13)8-24-15(22)9-4-2-1-3-5-9/h1-5,7,11-13H,6,8,18H2,(H,19,21,23)/t11-,12+,13+/m0/s1. The number of hydrogen-bond acceptors (Lipinski definition) is 6. The number of hydrogen-bond donors (Lipinski definition) is 2. The number of ether oxygens (including phenoxy) is 2. The van der Waals surface area contributed by atoms with E-state index in [1.807, 2.05) is 22.6 Å². The fourth-order valence-corrected chi connectivity index (χ4v) is 3.01. The van der Waals surface area contributed by atoms with E-state index in [2.05, 4.69) is 4.98 Å². The summed E-state index contributed by atoms with van der Waals surface area (Å²) in [7, 11) is 0. The number of carbonyl (C=O) groups is 1. The van der Waals surface area contributed by atoms with Gasteiger partial charge in [-0.1, -0.05) is 18.2 Å². The predicted octanol–water partition coefficient (Wildman–Crippen LogP) is 0.613. The molecule has 1 aliphatic heterocycles. The Morgan fingerprint density at radius 3 is 2.80 bits per heavy atom. The molecule has 1 fully saturated rings. The number of H-pyrrole nitrogens is 1. The van der Waals surface area contributed by atoms with Crippen molar-refractivity contribution >= 4 is 28.6 Å². The minimum absolute atomic E-state index is 0.0133. The quantitative estimate of drug-likeness (QED) is 0.514. The van der Waals surface area contributed by atoms with E-state index in [9.17, 15) is 14.4 Å². The van der Waals surface area contributed by atoms with Crippen molar-refractivity contribution in [1.29, 1.82) is 0 Å². The second-order valence-corrected chi connectivity index (χ2v) is 6.80. The van der Waals surface area contributed by atoms with E-state index in [4.69, 9.17) is 15.2 Å². The molecule has 0 bridgehead atoms. The van der Waals surface area contributed by atoms with Crippen LogP contribution in [0.1, 0.15) is 23.0 Å². The zero-order chi connectivity index (χ0) is 18.0. The summed E-state index contributed by atoms with van der Waals surface area (Å²) in [5, 5.41) is 0. The second kappa shape index (κ2) is 7.50. The molecule has 8 nitrogen and oxygen atoms in total. The van der Waals surface area contributed by atoms with Crippen LogP contribution in [-0.2, 0) is 9.47 Å². The van der Waals surface area contributed by atoms with Gasteiger partial charge in [0.25, 0.3) is 5.56 Å². The van der Waals surface area contributed by atoms with Gasteiger partial charge >= 0.3 is 11.7 Å². The summed E-state index contributed by atoms with van der Waals surface area (Å²) >= 11 is 1.84. The highest BCUT2D eigenvalue weighted by Crippen LogP contribution is 2.26. The zero-order valence-corrected chi connectivity index (χ0v) is 15.2. The molecule has 2 heterocycles. The Morgan fingerprint density at radius 2 is 2.08 bits per heavy atom.